The van der Waals surface area contributed by atoms with Crippen LogP contribution in [0, 0.1) is 23.2 Å². The van der Waals surface area contributed by atoms with E-state index in [0.29, 0.717) is 44.6 Å². The van der Waals surface area contributed by atoms with Crippen molar-refractivity contribution in [2.75, 3.05) is 26.9 Å². The molecule has 2 aromatic carbocycles. The number of fused-ring (bicyclic) bond motifs is 1. The van der Waals surface area contributed by atoms with E-state index >= 15 is 0 Å². The minimum Gasteiger partial charge on any atom is -0.408 e. The summed E-state index contributed by atoms with van der Waals surface area (Å²) in [5.74, 6) is -1.97. The van der Waals surface area contributed by atoms with Crippen LogP contribution in [-0.4, -0.2) is 42.9 Å². The molecule has 0 spiro atoms. The first-order chi connectivity index (χ1) is 16.9. The van der Waals surface area contributed by atoms with Gasteiger partial charge in [-0.05, 0) is 48.1 Å². The van der Waals surface area contributed by atoms with E-state index in [2.05, 4.69) is 6.07 Å². The number of aryl methyl sites for hydroxylation is 1. The second-order valence-corrected chi connectivity index (χ2v) is 9.02. The number of oxazole rings is 1. The third kappa shape index (κ3) is 5.00. The van der Waals surface area contributed by atoms with Crippen LogP contribution in [0.15, 0.2) is 51.7 Å². The lowest BCUT2D eigenvalue weighted by Gasteiger charge is -2.40. The number of rotatable bonds is 9. The molecule has 3 aromatic rings. The monoisotopic (exact) mass is 478 g/mol. The van der Waals surface area contributed by atoms with E-state index in [4.69, 9.17) is 25.4 Å². The van der Waals surface area contributed by atoms with Crippen molar-refractivity contribution in [1.82, 2.24) is 4.57 Å². The maximum Gasteiger partial charge on any atom is 0.419 e. The third-order valence-corrected chi connectivity index (χ3v) is 6.87. The molecule has 9 nitrogen and oxygen atoms in total. The van der Waals surface area contributed by atoms with Gasteiger partial charge in [0.15, 0.2) is 5.58 Å². The Morgan fingerprint density at radius 2 is 2.03 bits per heavy atom. The summed E-state index contributed by atoms with van der Waals surface area (Å²) >= 11 is 0. The Labute approximate surface area is 203 Å². The number of nitrogens with two attached hydrogens (primary N) is 2. The number of hydrogen-bond donors (Lipinski definition) is 2. The number of carbonyl (C=O) groups excluding carboxylic acids is 1. The predicted octanol–water partition coefficient (Wildman–Crippen LogP) is 2.20. The zero-order valence-electron chi connectivity index (χ0n) is 19.7. The van der Waals surface area contributed by atoms with E-state index in [9.17, 15) is 14.9 Å². The van der Waals surface area contributed by atoms with E-state index in [1.165, 1.54) is 0 Å². The Bertz CT molecular complexity index is 1290. The van der Waals surface area contributed by atoms with Gasteiger partial charge in [0.05, 0.1) is 24.1 Å². The molecule has 1 amide bonds. The summed E-state index contributed by atoms with van der Waals surface area (Å²) in [5, 5.41) is 9.83. The summed E-state index contributed by atoms with van der Waals surface area (Å²) in [6.07, 6.45) is 1.43. The Balaban J connectivity index is 1.54. The second-order valence-electron chi connectivity index (χ2n) is 9.02. The number of ether oxygens (including phenoxy) is 2. The summed E-state index contributed by atoms with van der Waals surface area (Å²) in [5.41, 5.74) is 14.8. The summed E-state index contributed by atoms with van der Waals surface area (Å²) in [4.78, 5) is 24.3. The van der Waals surface area contributed by atoms with Crippen LogP contribution in [0.4, 0.5) is 0 Å². The van der Waals surface area contributed by atoms with Crippen LogP contribution in [0.25, 0.3) is 22.2 Å². The van der Waals surface area contributed by atoms with Crippen molar-refractivity contribution in [2.45, 2.75) is 31.3 Å². The van der Waals surface area contributed by atoms with Gasteiger partial charge >= 0.3 is 5.76 Å². The van der Waals surface area contributed by atoms with E-state index in [0.717, 1.165) is 22.2 Å². The normalized spacial score (nSPS) is 21.0. The van der Waals surface area contributed by atoms with Crippen molar-refractivity contribution in [3.63, 3.8) is 0 Å². The summed E-state index contributed by atoms with van der Waals surface area (Å²) in [7, 11) is 1.63. The van der Waals surface area contributed by atoms with Crippen LogP contribution in [0.3, 0.4) is 0 Å². The van der Waals surface area contributed by atoms with Crippen molar-refractivity contribution in [3.8, 4) is 17.2 Å². The lowest BCUT2D eigenvalue weighted by molar-refractivity contribution is -0.131. The largest absolute Gasteiger partial charge is 0.419 e. The van der Waals surface area contributed by atoms with E-state index in [1.807, 2.05) is 36.4 Å². The summed E-state index contributed by atoms with van der Waals surface area (Å²) in [6, 6.07) is 15.8. The number of methoxy groups -OCH3 is 1. The highest BCUT2D eigenvalue weighted by Crippen LogP contribution is 2.33. The van der Waals surface area contributed by atoms with E-state index in [1.54, 1.807) is 17.7 Å². The number of hydrogen-bond acceptors (Lipinski definition) is 7. The topological polar surface area (TPSA) is 146 Å². The zero-order valence-corrected chi connectivity index (χ0v) is 19.7. The molecule has 184 valence electrons. The van der Waals surface area contributed by atoms with E-state index in [-0.39, 0.29) is 12.4 Å². The molecule has 1 saturated heterocycles. The number of primary amides is 1. The van der Waals surface area contributed by atoms with Crippen molar-refractivity contribution >= 4 is 17.0 Å². The summed E-state index contributed by atoms with van der Waals surface area (Å²) < 4.78 is 17.6. The highest BCUT2D eigenvalue weighted by atomic mass is 16.5. The molecule has 4 N–H and O–H groups in total. The molecule has 2 heterocycles. The number of amides is 1. The Hall–Kier alpha value is -3.45. The van der Waals surface area contributed by atoms with Gasteiger partial charge in [0.1, 0.15) is 5.54 Å². The van der Waals surface area contributed by atoms with Gasteiger partial charge in [0.2, 0.25) is 5.91 Å². The number of benzene rings is 2. The van der Waals surface area contributed by atoms with Crippen molar-refractivity contribution < 1.29 is 18.7 Å². The second kappa shape index (κ2) is 10.4. The molecular formula is C26H30N4O5. The molecule has 1 aliphatic heterocycles. The van der Waals surface area contributed by atoms with Gasteiger partial charge in [-0.3, -0.25) is 9.36 Å². The maximum absolute atomic E-state index is 12.3. The lowest BCUT2D eigenvalue weighted by Crippen LogP contribution is -2.63. The van der Waals surface area contributed by atoms with Crippen LogP contribution >= 0.6 is 0 Å². The molecule has 0 bridgehead atoms. The molecule has 1 fully saturated rings. The molecule has 35 heavy (non-hydrogen) atoms. The van der Waals surface area contributed by atoms with Crippen LogP contribution < -0.4 is 17.2 Å². The first-order valence-corrected chi connectivity index (χ1v) is 11.6. The van der Waals surface area contributed by atoms with Gasteiger partial charge in [-0.15, -0.1) is 0 Å². The molecule has 9 heteroatoms. The van der Waals surface area contributed by atoms with Crippen LogP contribution in [-0.2, 0) is 27.2 Å². The molecule has 0 saturated carbocycles. The molecule has 3 atom stereocenters. The van der Waals surface area contributed by atoms with Gasteiger partial charge in [0, 0.05) is 32.8 Å². The average molecular weight is 479 g/mol. The minimum absolute atomic E-state index is 0.229. The summed E-state index contributed by atoms with van der Waals surface area (Å²) in [6.45, 7) is 1.65. The van der Waals surface area contributed by atoms with Crippen LogP contribution in [0.2, 0.25) is 0 Å². The van der Waals surface area contributed by atoms with Gasteiger partial charge in [-0.2, -0.15) is 5.26 Å². The molecule has 0 aliphatic carbocycles. The fourth-order valence-electron chi connectivity index (χ4n) is 4.75. The fourth-order valence-corrected chi connectivity index (χ4v) is 4.75. The Morgan fingerprint density at radius 1 is 1.29 bits per heavy atom. The van der Waals surface area contributed by atoms with Gasteiger partial charge < -0.3 is 25.4 Å². The fraction of sp³-hybridized carbons (Fsp3) is 0.423. The highest BCUT2D eigenvalue weighted by molar-refractivity contribution is 5.85. The van der Waals surface area contributed by atoms with E-state index < -0.39 is 23.3 Å². The predicted molar refractivity (Wildman–Crippen MR) is 130 cm³/mol. The minimum atomic E-state index is -1.25. The molecule has 1 aromatic heterocycles. The van der Waals surface area contributed by atoms with Gasteiger partial charge in [-0.1, -0.05) is 30.3 Å². The quantitative estimate of drug-likeness (QED) is 0.448. The Kier molecular flexibility index (Phi) is 7.36. The smallest absolute Gasteiger partial charge is 0.408 e. The molecule has 3 unspecified atom stereocenters. The molecule has 0 radical (unpaired) electrons. The van der Waals surface area contributed by atoms with Crippen molar-refractivity contribution in [1.29, 1.82) is 5.26 Å². The van der Waals surface area contributed by atoms with Crippen molar-refractivity contribution in [3.05, 3.63) is 58.6 Å². The molecule has 1 aliphatic rings. The number of aromatic nitrogens is 1. The standard InChI is InChI=1S/C26H30N4O5/c1-33-11-2-10-30-22-14-19(7-8-23(22)35-25(30)32)18-5-3-17(4-6-18)13-20(15-27)21-16-34-12-9-26(21,29)24(28)31/h3-8,14,20-21H,2,9-13,16,29H2,1H3,(H2,28,31). The zero-order chi connectivity index (χ0) is 25.0. The highest BCUT2D eigenvalue weighted by Gasteiger charge is 2.46. The Morgan fingerprint density at radius 3 is 2.71 bits per heavy atom. The maximum atomic E-state index is 12.3. The SMILES string of the molecule is COCCCn1c(=O)oc2ccc(-c3ccc(CC(C#N)C4COCCC4(N)C(N)=O)cc3)cc21. The number of nitrogens with zero attached hydrogens (tertiary/aromatic N) is 2. The third-order valence-electron chi connectivity index (χ3n) is 6.87. The van der Waals surface area contributed by atoms with Gasteiger partial charge in [0.25, 0.3) is 0 Å². The average Bonchev–Trinajstić information content (AvgIpc) is 3.17. The lowest BCUT2D eigenvalue weighted by atomic mass is 9.71. The van der Waals surface area contributed by atoms with Crippen LogP contribution in [0.1, 0.15) is 18.4 Å². The number of nitriles is 1. The van der Waals surface area contributed by atoms with Gasteiger partial charge in [-0.25, -0.2) is 4.79 Å². The van der Waals surface area contributed by atoms with Crippen LogP contribution in [0.5, 0.6) is 0 Å². The first kappa shape index (κ1) is 24.7. The molecular weight excluding hydrogens is 448 g/mol. The van der Waals surface area contributed by atoms with Crippen molar-refractivity contribution in [2.24, 2.45) is 23.3 Å². The number of carbonyl (C=O) groups is 1. The molecule has 4 rings (SSSR count). The first-order valence-electron chi connectivity index (χ1n) is 11.6.